The SMILES string of the molecule is CNC(=O)CCCC=C(c1cc(Cl)c(C)c(C(=O)NC)c1)c1cc(Cl)c(C)c(C(=O)NC)c1.Cc1c(Cl)cc(C(=CCCCC(=O)O)c2cc(Cl)c(C)c(C(=O)O)c2)cc1C(=O)O. The molecule has 334 valence electrons. The maximum atomic E-state index is 12.4. The maximum Gasteiger partial charge on any atom is 0.336 e. The van der Waals surface area contributed by atoms with E-state index in [9.17, 15) is 39.0 Å². The van der Waals surface area contributed by atoms with Gasteiger partial charge < -0.3 is 31.3 Å². The van der Waals surface area contributed by atoms with E-state index in [1.54, 1.807) is 91.3 Å². The zero-order valence-corrected chi connectivity index (χ0v) is 38.8. The van der Waals surface area contributed by atoms with E-state index in [0.717, 1.165) is 5.57 Å². The topological polar surface area (TPSA) is 199 Å². The number of carbonyl (C=O) groups excluding carboxylic acids is 3. The molecule has 0 atom stereocenters. The Balaban J connectivity index is 0.000000337. The molecule has 0 fully saturated rings. The number of rotatable bonds is 16. The second kappa shape index (κ2) is 23.7. The summed E-state index contributed by atoms with van der Waals surface area (Å²) < 4.78 is 0. The number of aliphatic carboxylic acids is 1. The first kappa shape index (κ1) is 51.7. The van der Waals surface area contributed by atoms with Crippen molar-refractivity contribution in [1.82, 2.24) is 16.0 Å². The van der Waals surface area contributed by atoms with Crippen LogP contribution in [-0.2, 0) is 9.59 Å². The number of aromatic carboxylic acids is 2. The van der Waals surface area contributed by atoms with Crippen LogP contribution in [0.15, 0.2) is 60.7 Å². The van der Waals surface area contributed by atoms with Crippen LogP contribution in [0.1, 0.15) is 124 Å². The van der Waals surface area contributed by atoms with Crippen LogP contribution < -0.4 is 16.0 Å². The lowest BCUT2D eigenvalue weighted by Crippen LogP contribution is -2.20. The van der Waals surface area contributed by atoms with Crippen molar-refractivity contribution in [2.24, 2.45) is 0 Å². The van der Waals surface area contributed by atoms with Gasteiger partial charge in [-0.05, 0) is 158 Å². The van der Waals surface area contributed by atoms with Gasteiger partial charge in [0.1, 0.15) is 0 Å². The Morgan fingerprint density at radius 2 is 0.778 bits per heavy atom. The highest BCUT2D eigenvalue weighted by molar-refractivity contribution is 6.33. The number of carboxylic acid groups (broad SMARTS) is 3. The van der Waals surface area contributed by atoms with Crippen molar-refractivity contribution in [3.63, 3.8) is 0 Å². The van der Waals surface area contributed by atoms with Crippen LogP contribution in [-0.4, -0.2) is 72.1 Å². The molecule has 0 aliphatic carbocycles. The fourth-order valence-corrected chi connectivity index (χ4v) is 7.34. The zero-order chi connectivity index (χ0) is 47.3. The number of hydrogen-bond donors (Lipinski definition) is 6. The molecule has 3 amide bonds. The number of carboxylic acids is 3. The van der Waals surface area contributed by atoms with Crippen molar-refractivity contribution in [2.75, 3.05) is 21.1 Å². The summed E-state index contributed by atoms with van der Waals surface area (Å²) >= 11 is 25.5. The molecule has 0 unspecified atom stereocenters. The van der Waals surface area contributed by atoms with E-state index < -0.39 is 17.9 Å². The predicted octanol–water partition coefficient (Wildman–Crippen LogP) is 10.4. The van der Waals surface area contributed by atoms with Gasteiger partial charge in [0.2, 0.25) is 5.91 Å². The van der Waals surface area contributed by atoms with Crippen LogP contribution in [0.2, 0.25) is 20.1 Å². The number of amides is 3. The Morgan fingerprint density at radius 1 is 0.476 bits per heavy atom. The third-order valence-corrected chi connectivity index (χ3v) is 11.8. The molecule has 16 heteroatoms. The Hall–Kier alpha value is -5.66. The van der Waals surface area contributed by atoms with Gasteiger partial charge >= 0.3 is 17.9 Å². The van der Waals surface area contributed by atoms with E-state index in [1.165, 1.54) is 12.1 Å². The summed E-state index contributed by atoms with van der Waals surface area (Å²) in [5, 5.41) is 37.1. The predicted molar refractivity (Wildman–Crippen MR) is 249 cm³/mol. The van der Waals surface area contributed by atoms with E-state index in [1.807, 2.05) is 6.08 Å². The van der Waals surface area contributed by atoms with Crippen molar-refractivity contribution < 1.29 is 44.1 Å². The van der Waals surface area contributed by atoms with Crippen LogP contribution >= 0.6 is 46.4 Å². The first-order chi connectivity index (χ1) is 29.7. The number of nitrogens with one attached hydrogen (secondary N) is 3. The maximum absolute atomic E-state index is 12.4. The lowest BCUT2D eigenvalue weighted by molar-refractivity contribution is -0.137. The van der Waals surface area contributed by atoms with Crippen LogP contribution in [0.5, 0.6) is 0 Å². The first-order valence-electron chi connectivity index (χ1n) is 19.6. The summed E-state index contributed by atoms with van der Waals surface area (Å²) in [5.41, 5.74) is 6.78. The first-order valence-corrected chi connectivity index (χ1v) is 21.1. The summed E-state index contributed by atoms with van der Waals surface area (Å²) in [6, 6.07) is 13.3. The smallest absolute Gasteiger partial charge is 0.336 e. The molecule has 4 aromatic carbocycles. The van der Waals surface area contributed by atoms with Crippen molar-refractivity contribution in [3.8, 4) is 0 Å². The van der Waals surface area contributed by atoms with Gasteiger partial charge in [0.15, 0.2) is 0 Å². The number of halogens is 4. The average molecular weight is 942 g/mol. The van der Waals surface area contributed by atoms with Crippen LogP contribution in [0, 0.1) is 27.7 Å². The number of allylic oxidation sites excluding steroid dienone is 2. The molecule has 63 heavy (non-hydrogen) atoms. The van der Waals surface area contributed by atoms with E-state index >= 15 is 0 Å². The van der Waals surface area contributed by atoms with Crippen LogP contribution in [0.25, 0.3) is 11.1 Å². The number of benzene rings is 4. The third kappa shape index (κ3) is 13.7. The van der Waals surface area contributed by atoms with E-state index in [0.29, 0.717) is 103 Å². The number of carbonyl (C=O) groups is 6. The van der Waals surface area contributed by atoms with Gasteiger partial charge in [-0.25, -0.2) is 9.59 Å². The second-order valence-corrected chi connectivity index (χ2v) is 16.0. The van der Waals surface area contributed by atoms with Gasteiger partial charge in [-0.3, -0.25) is 19.2 Å². The molecule has 4 rings (SSSR count). The third-order valence-electron chi connectivity index (χ3n) is 10.2. The fraction of sp³-hybridized carbons (Fsp3) is 0.277. The van der Waals surface area contributed by atoms with Gasteiger partial charge in [-0.1, -0.05) is 58.6 Å². The van der Waals surface area contributed by atoms with E-state index in [4.69, 9.17) is 51.5 Å². The fourth-order valence-electron chi connectivity index (χ4n) is 6.46. The quantitative estimate of drug-likeness (QED) is 0.0592. The minimum atomic E-state index is -1.14. The highest BCUT2D eigenvalue weighted by Crippen LogP contribution is 2.35. The largest absolute Gasteiger partial charge is 0.481 e. The highest BCUT2D eigenvalue weighted by Gasteiger charge is 2.20. The summed E-state index contributed by atoms with van der Waals surface area (Å²) in [7, 11) is 4.73. The number of unbranched alkanes of at least 4 members (excludes halogenated alkanes) is 2. The molecule has 0 heterocycles. The average Bonchev–Trinajstić information content (AvgIpc) is 3.24. The van der Waals surface area contributed by atoms with Crippen molar-refractivity contribution >= 4 is 93.2 Å². The molecule has 4 aromatic rings. The summed E-state index contributed by atoms with van der Waals surface area (Å²) in [4.78, 5) is 70.5. The van der Waals surface area contributed by atoms with Gasteiger partial charge in [0.05, 0.1) is 11.1 Å². The van der Waals surface area contributed by atoms with Gasteiger partial charge in [0.25, 0.3) is 11.8 Å². The summed E-state index contributed by atoms with van der Waals surface area (Å²) in [6.07, 6.45) is 6.04. The molecule has 0 aliphatic heterocycles. The summed E-state index contributed by atoms with van der Waals surface area (Å²) in [5.74, 6) is -3.75. The molecule has 0 spiro atoms. The molecule has 0 saturated heterocycles. The highest BCUT2D eigenvalue weighted by atomic mass is 35.5. The Morgan fingerprint density at radius 3 is 1.06 bits per heavy atom. The zero-order valence-electron chi connectivity index (χ0n) is 35.8. The van der Waals surface area contributed by atoms with Gasteiger partial charge in [-0.15, -0.1) is 0 Å². The molecule has 12 nitrogen and oxygen atoms in total. The van der Waals surface area contributed by atoms with Crippen molar-refractivity contribution in [2.45, 2.75) is 66.2 Å². The second-order valence-electron chi connectivity index (χ2n) is 14.4. The van der Waals surface area contributed by atoms with Gasteiger partial charge in [-0.2, -0.15) is 0 Å². The van der Waals surface area contributed by atoms with Crippen LogP contribution in [0.3, 0.4) is 0 Å². The Labute approximate surface area is 386 Å². The van der Waals surface area contributed by atoms with Gasteiger partial charge in [0, 0.05) is 65.2 Å². The molecular formula is C47H49Cl4N3O9. The molecule has 0 aliphatic rings. The molecule has 0 radical (unpaired) electrons. The monoisotopic (exact) mass is 939 g/mol. The minimum absolute atomic E-state index is 0.0191. The summed E-state index contributed by atoms with van der Waals surface area (Å²) in [6.45, 7) is 6.76. The molecule has 6 N–H and O–H groups in total. The minimum Gasteiger partial charge on any atom is -0.481 e. The van der Waals surface area contributed by atoms with Crippen molar-refractivity contribution in [3.05, 3.63) is 148 Å². The molecular weight excluding hydrogens is 892 g/mol. The Bertz CT molecular complexity index is 2370. The van der Waals surface area contributed by atoms with E-state index in [2.05, 4.69) is 16.0 Å². The van der Waals surface area contributed by atoms with Crippen molar-refractivity contribution in [1.29, 1.82) is 0 Å². The molecule has 0 saturated carbocycles. The van der Waals surface area contributed by atoms with E-state index in [-0.39, 0.29) is 45.3 Å². The Kier molecular flexibility index (Phi) is 19.4. The number of hydrogen-bond acceptors (Lipinski definition) is 6. The molecule has 0 bridgehead atoms. The molecule has 0 aromatic heterocycles. The normalized spacial score (nSPS) is 10.5. The standard InChI is InChI=1S/C25H29Cl2N3O3.C22H20Cl2O6/c1-14-19(24(32)29-4)10-16(12-21(14)26)18(8-6-7-9-23(31)28-3)17-11-20(25(33)30-5)15(2)22(27)13-17;1-11-16(21(27)28)7-13(9-18(11)23)15(5-3-4-6-20(25)26)14-8-17(22(29)30)12(2)19(24)10-14/h8,10-13H,6-7,9H2,1-5H3,(H,28,31)(H,29,32)(H,30,33);5,7-10H,3-4,6H2,1-2H3,(H,25,26)(H,27,28)(H,29,30). The lowest BCUT2D eigenvalue weighted by atomic mass is 9.91. The van der Waals surface area contributed by atoms with Crippen LogP contribution in [0.4, 0.5) is 0 Å². The lowest BCUT2D eigenvalue weighted by Gasteiger charge is -2.16.